The van der Waals surface area contributed by atoms with Crippen LogP contribution in [0.2, 0.25) is 0 Å². The van der Waals surface area contributed by atoms with Crippen molar-refractivity contribution in [2.75, 3.05) is 13.2 Å². The largest absolute Gasteiger partial charge is 0.460 e. The number of halogens is 1. The van der Waals surface area contributed by atoms with Gasteiger partial charge in [-0.25, -0.2) is 9.18 Å². The van der Waals surface area contributed by atoms with Gasteiger partial charge >= 0.3 is 5.97 Å². The Hall–Kier alpha value is -1.42. The van der Waals surface area contributed by atoms with Crippen LogP contribution in [0.15, 0.2) is 18.2 Å². The van der Waals surface area contributed by atoms with Gasteiger partial charge in [-0.1, -0.05) is 11.6 Å². The number of rotatable bonds is 4. The maximum absolute atomic E-state index is 13.4. The van der Waals surface area contributed by atoms with E-state index in [4.69, 9.17) is 9.47 Å². The van der Waals surface area contributed by atoms with E-state index in [9.17, 15) is 9.18 Å². The minimum atomic E-state index is -0.659. The number of aryl methyl sites for hydroxylation is 1. The molecule has 4 heteroatoms. The summed E-state index contributed by atoms with van der Waals surface area (Å²) in [5.41, 5.74) is 0.501. The van der Waals surface area contributed by atoms with Crippen molar-refractivity contribution < 1.29 is 18.7 Å². The average Bonchev–Trinajstić information content (AvgIpc) is 2.26. The lowest BCUT2D eigenvalue weighted by Crippen LogP contribution is -2.22. The SMILES string of the molecule is Cc1ccc(F)c(C(=O)OCCOC(C)(C)C)c1. The van der Waals surface area contributed by atoms with Crippen LogP contribution < -0.4 is 0 Å². The highest BCUT2D eigenvalue weighted by Crippen LogP contribution is 2.11. The zero-order valence-corrected chi connectivity index (χ0v) is 11.2. The molecule has 0 N–H and O–H groups in total. The fourth-order valence-corrected chi connectivity index (χ4v) is 1.36. The molecule has 0 aliphatic heterocycles. The molecular weight excluding hydrogens is 235 g/mol. The van der Waals surface area contributed by atoms with Crippen LogP contribution in [0.1, 0.15) is 36.7 Å². The molecule has 0 aliphatic rings. The second-order valence-corrected chi connectivity index (χ2v) is 5.08. The van der Waals surface area contributed by atoms with Crippen LogP contribution in [0, 0.1) is 12.7 Å². The molecule has 0 fully saturated rings. The van der Waals surface area contributed by atoms with Gasteiger partial charge in [0.15, 0.2) is 0 Å². The van der Waals surface area contributed by atoms with Crippen LogP contribution >= 0.6 is 0 Å². The van der Waals surface area contributed by atoms with Crippen LogP contribution in [0.3, 0.4) is 0 Å². The van der Waals surface area contributed by atoms with Crippen molar-refractivity contribution >= 4 is 5.97 Å². The van der Waals surface area contributed by atoms with E-state index in [1.807, 2.05) is 20.8 Å². The number of carbonyl (C=O) groups excluding carboxylic acids is 1. The van der Waals surface area contributed by atoms with Crippen molar-refractivity contribution in [1.29, 1.82) is 0 Å². The first-order valence-corrected chi connectivity index (χ1v) is 5.87. The molecule has 1 rings (SSSR count). The fraction of sp³-hybridized carbons (Fsp3) is 0.500. The van der Waals surface area contributed by atoms with Gasteiger partial charge in [-0.05, 0) is 39.8 Å². The molecule has 0 heterocycles. The van der Waals surface area contributed by atoms with Crippen molar-refractivity contribution in [1.82, 2.24) is 0 Å². The van der Waals surface area contributed by atoms with Gasteiger partial charge in [-0.15, -0.1) is 0 Å². The Bertz CT molecular complexity index is 422. The van der Waals surface area contributed by atoms with E-state index in [1.54, 1.807) is 13.0 Å². The number of carbonyl (C=O) groups is 1. The topological polar surface area (TPSA) is 35.5 Å². The van der Waals surface area contributed by atoms with Crippen LogP contribution in [0.5, 0.6) is 0 Å². The Morgan fingerprint density at radius 1 is 1.28 bits per heavy atom. The number of hydrogen-bond acceptors (Lipinski definition) is 3. The molecule has 0 radical (unpaired) electrons. The lowest BCUT2D eigenvalue weighted by atomic mass is 10.1. The molecule has 100 valence electrons. The summed E-state index contributed by atoms with van der Waals surface area (Å²) in [7, 11) is 0. The first-order chi connectivity index (χ1) is 8.29. The summed E-state index contributed by atoms with van der Waals surface area (Å²) in [4.78, 5) is 11.6. The first kappa shape index (κ1) is 14.6. The third kappa shape index (κ3) is 4.84. The molecule has 0 spiro atoms. The Labute approximate surface area is 107 Å². The third-order valence-corrected chi connectivity index (χ3v) is 2.19. The Balaban J connectivity index is 2.48. The van der Waals surface area contributed by atoms with Gasteiger partial charge in [-0.2, -0.15) is 0 Å². The Morgan fingerprint density at radius 3 is 2.56 bits per heavy atom. The quantitative estimate of drug-likeness (QED) is 0.611. The van der Waals surface area contributed by atoms with E-state index in [0.29, 0.717) is 6.61 Å². The normalized spacial score (nSPS) is 11.4. The summed E-state index contributed by atoms with van der Waals surface area (Å²) < 4.78 is 23.7. The smallest absolute Gasteiger partial charge is 0.341 e. The van der Waals surface area contributed by atoms with Gasteiger partial charge in [0.1, 0.15) is 12.4 Å². The van der Waals surface area contributed by atoms with Gasteiger partial charge in [0.2, 0.25) is 0 Å². The molecule has 0 unspecified atom stereocenters. The van der Waals surface area contributed by atoms with E-state index in [0.717, 1.165) is 5.56 Å². The monoisotopic (exact) mass is 254 g/mol. The molecule has 1 aromatic rings. The number of benzene rings is 1. The van der Waals surface area contributed by atoms with E-state index in [1.165, 1.54) is 12.1 Å². The highest BCUT2D eigenvalue weighted by atomic mass is 19.1. The van der Waals surface area contributed by atoms with Crippen LogP contribution in [0.4, 0.5) is 4.39 Å². The predicted molar refractivity (Wildman–Crippen MR) is 67.1 cm³/mol. The molecule has 0 atom stereocenters. The van der Waals surface area contributed by atoms with E-state index >= 15 is 0 Å². The standard InChI is InChI=1S/C14H19FO3/c1-10-5-6-12(15)11(9-10)13(16)17-7-8-18-14(2,3)4/h5-6,9H,7-8H2,1-4H3. The summed E-state index contributed by atoms with van der Waals surface area (Å²) in [6.07, 6.45) is 0. The predicted octanol–water partition coefficient (Wildman–Crippen LogP) is 3.11. The average molecular weight is 254 g/mol. The summed E-state index contributed by atoms with van der Waals surface area (Å²) in [6.45, 7) is 7.93. The van der Waals surface area contributed by atoms with Crippen molar-refractivity contribution in [3.05, 3.63) is 35.1 Å². The maximum Gasteiger partial charge on any atom is 0.341 e. The zero-order valence-electron chi connectivity index (χ0n) is 11.2. The maximum atomic E-state index is 13.4. The minimum Gasteiger partial charge on any atom is -0.460 e. The van der Waals surface area contributed by atoms with E-state index in [2.05, 4.69) is 0 Å². The molecule has 0 saturated carbocycles. The lowest BCUT2D eigenvalue weighted by Gasteiger charge is -2.19. The number of hydrogen-bond donors (Lipinski definition) is 0. The number of ether oxygens (including phenoxy) is 2. The van der Waals surface area contributed by atoms with E-state index in [-0.39, 0.29) is 17.8 Å². The van der Waals surface area contributed by atoms with Gasteiger partial charge in [-0.3, -0.25) is 0 Å². The van der Waals surface area contributed by atoms with Crippen molar-refractivity contribution in [3.8, 4) is 0 Å². The van der Waals surface area contributed by atoms with Crippen LogP contribution in [0.25, 0.3) is 0 Å². The van der Waals surface area contributed by atoms with Gasteiger partial charge in [0.25, 0.3) is 0 Å². The Kier molecular flexibility index (Phi) is 4.84. The van der Waals surface area contributed by atoms with E-state index < -0.39 is 11.8 Å². The third-order valence-electron chi connectivity index (χ3n) is 2.19. The molecule has 18 heavy (non-hydrogen) atoms. The summed E-state index contributed by atoms with van der Waals surface area (Å²) >= 11 is 0. The first-order valence-electron chi connectivity index (χ1n) is 5.87. The van der Waals surface area contributed by atoms with Gasteiger partial charge in [0.05, 0.1) is 17.8 Å². The van der Waals surface area contributed by atoms with Crippen LogP contribution in [-0.2, 0) is 9.47 Å². The summed E-state index contributed by atoms with van der Waals surface area (Å²) in [5, 5.41) is 0. The highest BCUT2D eigenvalue weighted by molar-refractivity contribution is 5.89. The van der Waals surface area contributed by atoms with Crippen molar-refractivity contribution in [2.45, 2.75) is 33.3 Å². The van der Waals surface area contributed by atoms with Crippen molar-refractivity contribution in [3.63, 3.8) is 0 Å². The van der Waals surface area contributed by atoms with Gasteiger partial charge < -0.3 is 9.47 Å². The summed E-state index contributed by atoms with van der Waals surface area (Å²) in [6, 6.07) is 4.34. The number of esters is 1. The molecule has 3 nitrogen and oxygen atoms in total. The molecule has 0 saturated heterocycles. The highest BCUT2D eigenvalue weighted by Gasteiger charge is 2.14. The van der Waals surface area contributed by atoms with Gasteiger partial charge in [0, 0.05) is 0 Å². The lowest BCUT2D eigenvalue weighted by molar-refractivity contribution is -0.0282. The Morgan fingerprint density at radius 2 is 1.94 bits per heavy atom. The van der Waals surface area contributed by atoms with Crippen LogP contribution in [-0.4, -0.2) is 24.8 Å². The molecule has 0 aromatic heterocycles. The molecule has 0 bridgehead atoms. The molecule has 0 amide bonds. The second kappa shape index (κ2) is 5.96. The van der Waals surface area contributed by atoms with Crippen molar-refractivity contribution in [2.24, 2.45) is 0 Å². The minimum absolute atomic E-state index is 0.0363. The molecular formula is C14H19FO3. The zero-order chi connectivity index (χ0) is 13.8. The summed E-state index contributed by atoms with van der Waals surface area (Å²) in [5.74, 6) is -1.23. The molecule has 0 aliphatic carbocycles. The molecule has 1 aromatic carbocycles. The second-order valence-electron chi connectivity index (χ2n) is 5.08. The fourth-order valence-electron chi connectivity index (χ4n) is 1.36.